The molecule has 16 heavy (non-hydrogen) atoms. The normalized spacial score (nSPS) is 42.6. The molecule has 0 aromatic heterocycles. The third-order valence-electron chi connectivity index (χ3n) is 5.57. The summed E-state index contributed by atoms with van der Waals surface area (Å²) in [5.41, 5.74) is 0.649. The molecule has 2 aliphatic carbocycles. The van der Waals surface area contributed by atoms with Crippen LogP contribution in [0, 0.1) is 16.7 Å². The Morgan fingerprint density at radius 1 is 1.38 bits per heavy atom. The zero-order valence-electron chi connectivity index (χ0n) is 11.1. The van der Waals surface area contributed by atoms with Gasteiger partial charge in [0.05, 0.1) is 6.10 Å². The van der Waals surface area contributed by atoms with Gasteiger partial charge in [0, 0.05) is 0 Å². The van der Waals surface area contributed by atoms with Crippen LogP contribution in [0.1, 0.15) is 59.8 Å². The molecule has 4 atom stereocenters. The van der Waals surface area contributed by atoms with E-state index in [0.717, 1.165) is 25.2 Å². The maximum Gasteiger partial charge on any atom is 0.154 e. The van der Waals surface area contributed by atoms with E-state index in [1.807, 2.05) is 0 Å². The van der Waals surface area contributed by atoms with Crippen LogP contribution < -0.4 is 0 Å². The van der Waals surface area contributed by atoms with Crippen molar-refractivity contribution in [2.24, 2.45) is 16.7 Å². The molecule has 94 valence electrons. The first-order chi connectivity index (χ1) is 7.41. The Kier molecular flexibility index (Phi) is 3.09. The smallest absolute Gasteiger partial charge is 0.154 e. The Hall–Kier alpha value is -0.0800. The fourth-order valence-corrected chi connectivity index (χ4v) is 3.84. The van der Waals surface area contributed by atoms with Crippen LogP contribution in [0.3, 0.4) is 0 Å². The van der Waals surface area contributed by atoms with Crippen LogP contribution in [-0.4, -0.2) is 17.5 Å². The standard InChI is InChI=1S/C14H26O2/c1-5-6-12(15)16-11-9-10-7-8-14(11,4)13(10,2)3/h10-12,15H,5-9H2,1-4H3. The van der Waals surface area contributed by atoms with E-state index < -0.39 is 6.29 Å². The Morgan fingerprint density at radius 2 is 2.06 bits per heavy atom. The van der Waals surface area contributed by atoms with Crippen molar-refractivity contribution in [1.29, 1.82) is 0 Å². The first kappa shape index (κ1) is 12.4. The summed E-state index contributed by atoms with van der Waals surface area (Å²) in [6.45, 7) is 9.18. The minimum atomic E-state index is -0.554. The molecule has 2 nitrogen and oxygen atoms in total. The highest BCUT2D eigenvalue weighted by molar-refractivity contribution is 5.11. The molecule has 0 saturated heterocycles. The summed E-state index contributed by atoms with van der Waals surface area (Å²) in [4.78, 5) is 0. The molecular weight excluding hydrogens is 200 g/mol. The lowest BCUT2D eigenvalue weighted by atomic mass is 9.70. The van der Waals surface area contributed by atoms with E-state index in [1.54, 1.807) is 0 Å². The summed E-state index contributed by atoms with van der Waals surface area (Å²) >= 11 is 0. The second-order valence-electron chi connectivity index (χ2n) is 6.48. The number of ether oxygens (including phenoxy) is 1. The quantitative estimate of drug-likeness (QED) is 0.745. The zero-order chi connectivity index (χ0) is 12.0. The number of rotatable bonds is 4. The molecule has 0 spiro atoms. The molecule has 0 aromatic rings. The van der Waals surface area contributed by atoms with Gasteiger partial charge in [0.15, 0.2) is 6.29 Å². The van der Waals surface area contributed by atoms with Gasteiger partial charge in [-0.05, 0) is 42.4 Å². The SMILES string of the molecule is CCCC(O)OC1CC2CCC1(C)C2(C)C. The Balaban J connectivity index is 2.04. The lowest BCUT2D eigenvalue weighted by Gasteiger charge is -2.39. The van der Waals surface area contributed by atoms with Crippen molar-refractivity contribution in [1.82, 2.24) is 0 Å². The molecule has 0 aliphatic heterocycles. The van der Waals surface area contributed by atoms with Crippen molar-refractivity contribution in [2.45, 2.75) is 72.2 Å². The second kappa shape index (κ2) is 3.99. The van der Waals surface area contributed by atoms with E-state index in [4.69, 9.17) is 4.74 Å². The molecule has 2 heteroatoms. The van der Waals surface area contributed by atoms with Crippen molar-refractivity contribution in [3.8, 4) is 0 Å². The van der Waals surface area contributed by atoms with Crippen LogP contribution in [0.5, 0.6) is 0 Å². The molecule has 0 radical (unpaired) electrons. The van der Waals surface area contributed by atoms with Crippen LogP contribution >= 0.6 is 0 Å². The Morgan fingerprint density at radius 3 is 2.50 bits per heavy atom. The highest BCUT2D eigenvalue weighted by Gasteiger charge is 2.62. The van der Waals surface area contributed by atoms with Crippen molar-refractivity contribution < 1.29 is 9.84 Å². The first-order valence-electron chi connectivity index (χ1n) is 6.75. The molecule has 0 amide bonds. The van der Waals surface area contributed by atoms with Gasteiger partial charge in [-0.1, -0.05) is 34.1 Å². The summed E-state index contributed by atoms with van der Waals surface area (Å²) in [6, 6.07) is 0. The van der Waals surface area contributed by atoms with E-state index in [-0.39, 0.29) is 11.5 Å². The van der Waals surface area contributed by atoms with Gasteiger partial charge in [-0.3, -0.25) is 0 Å². The van der Waals surface area contributed by atoms with Crippen LogP contribution in [-0.2, 0) is 4.74 Å². The number of fused-ring (bicyclic) bond motifs is 2. The van der Waals surface area contributed by atoms with Gasteiger partial charge < -0.3 is 9.84 Å². The van der Waals surface area contributed by atoms with Crippen LogP contribution in [0.15, 0.2) is 0 Å². The van der Waals surface area contributed by atoms with Crippen molar-refractivity contribution in [2.75, 3.05) is 0 Å². The minimum absolute atomic E-state index is 0.266. The van der Waals surface area contributed by atoms with E-state index in [2.05, 4.69) is 27.7 Å². The molecule has 0 aromatic carbocycles. The highest BCUT2D eigenvalue weighted by atomic mass is 16.6. The predicted molar refractivity (Wildman–Crippen MR) is 65.0 cm³/mol. The summed E-state index contributed by atoms with van der Waals surface area (Å²) in [5, 5.41) is 9.80. The molecule has 2 saturated carbocycles. The van der Waals surface area contributed by atoms with E-state index in [1.165, 1.54) is 12.8 Å². The van der Waals surface area contributed by atoms with Gasteiger partial charge in [0.2, 0.25) is 0 Å². The average Bonchev–Trinajstić information content (AvgIpc) is 2.51. The number of hydrogen-bond acceptors (Lipinski definition) is 2. The fourth-order valence-electron chi connectivity index (χ4n) is 3.84. The number of aliphatic hydroxyl groups excluding tert-OH is 1. The number of aliphatic hydroxyl groups is 1. The van der Waals surface area contributed by atoms with Crippen molar-refractivity contribution >= 4 is 0 Å². The van der Waals surface area contributed by atoms with Gasteiger partial charge in [0.25, 0.3) is 0 Å². The predicted octanol–water partition coefficient (Wildman–Crippen LogP) is 3.34. The lowest BCUT2D eigenvalue weighted by molar-refractivity contribution is -0.174. The molecule has 2 rings (SSSR count). The van der Waals surface area contributed by atoms with Crippen LogP contribution in [0.2, 0.25) is 0 Å². The molecule has 0 heterocycles. The summed E-state index contributed by atoms with van der Waals surface area (Å²) in [5.74, 6) is 0.788. The van der Waals surface area contributed by atoms with Crippen molar-refractivity contribution in [3.63, 3.8) is 0 Å². The molecule has 2 aliphatic rings. The summed E-state index contributed by atoms with van der Waals surface area (Å²) < 4.78 is 5.88. The number of hydrogen-bond donors (Lipinski definition) is 1. The topological polar surface area (TPSA) is 29.5 Å². The Labute approximate surface area is 99.4 Å². The average molecular weight is 226 g/mol. The van der Waals surface area contributed by atoms with Gasteiger partial charge in [-0.2, -0.15) is 0 Å². The summed E-state index contributed by atoms with van der Waals surface area (Å²) in [7, 11) is 0. The van der Waals surface area contributed by atoms with E-state index >= 15 is 0 Å². The summed E-state index contributed by atoms with van der Waals surface area (Å²) in [6.07, 6.45) is 5.20. The van der Waals surface area contributed by atoms with Gasteiger partial charge in [0.1, 0.15) is 0 Å². The van der Waals surface area contributed by atoms with Gasteiger partial charge in [-0.15, -0.1) is 0 Å². The fraction of sp³-hybridized carbons (Fsp3) is 1.00. The molecule has 4 unspecified atom stereocenters. The maximum absolute atomic E-state index is 9.80. The first-order valence-corrected chi connectivity index (χ1v) is 6.75. The van der Waals surface area contributed by atoms with E-state index in [0.29, 0.717) is 5.41 Å². The van der Waals surface area contributed by atoms with Gasteiger partial charge >= 0.3 is 0 Å². The maximum atomic E-state index is 9.80. The van der Waals surface area contributed by atoms with Crippen molar-refractivity contribution in [3.05, 3.63) is 0 Å². The molecule has 2 bridgehead atoms. The molecule has 2 fully saturated rings. The molecule has 1 N–H and O–H groups in total. The van der Waals surface area contributed by atoms with Crippen LogP contribution in [0.4, 0.5) is 0 Å². The Bertz CT molecular complexity index is 261. The molecular formula is C14H26O2. The lowest BCUT2D eigenvalue weighted by Crippen LogP contribution is -2.39. The largest absolute Gasteiger partial charge is 0.368 e. The second-order valence-corrected chi connectivity index (χ2v) is 6.48. The zero-order valence-corrected chi connectivity index (χ0v) is 11.1. The minimum Gasteiger partial charge on any atom is -0.368 e. The highest BCUT2D eigenvalue weighted by Crippen LogP contribution is 2.66. The third-order valence-corrected chi connectivity index (χ3v) is 5.57. The van der Waals surface area contributed by atoms with Gasteiger partial charge in [-0.25, -0.2) is 0 Å². The van der Waals surface area contributed by atoms with Crippen LogP contribution in [0.25, 0.3) is 0 Å². The monoisotopic (exact) mass is 226 g/mol. The van der Waals surface area contributed by atoms with E-state index in [9.17, 15) is 5.11 Å². The third kappa shape index (κ3) is 1.62.